The number of imidazole rings is 1. The summed E-state index contributed by atoms with van der Waals surface area (Å²) in [5, 5.41) is 0. The van der Waals surface area contributed by atoms with Crippen LogP contribution in [0.4, 0.5) is 0 Å². The number of carbonyl (C=O) groups is 1. The highest BCUT2D eigenvalue weighted by molar-refractivity contribution is 5.96. The van der Waals surface area contributed by atoms with Gasteiger partial charge in [-0.1, -0.05) is 36.4 Å². The second-order valence-corrected chi connectivity index (χ2v) is 4.49. The molecular formula is C16H14N2O. The van der Waals surface area contributed by atoms with E-state index in [2.05, 4.69) is 4.98 Å². The van der Waals surface area contributed by atoms with Crippen LogP contribution in [-0.2, 0) is 6.42 Å². The number of fused-ring (bicyclic) bond motifs is 1. The maximum absolute atomic E-state index is 12.0. The Labute approximate surface area is 111 Å². The van der Waals surface area contributed by atoms with E-state index in [1.807, 2.05) is 65.3 Å². The number of aryl methyl sites for hydroxylation is 1. The van der Waals surface area contributed by atoms with Crippen molar-refractivity contribution in [3.63, 3.8) is 0 Å². The molecule has 3 aromatic rings. The van der Waals surface area contributed by atoms with Gasteiger partial charge in [-0.15, -0.1) is 0 Å². The molecule has 0 saturated carbocycles. The number of hydrogen-bond donors (Lipinski definition) is 0. The Kier molecular flexibility index (Phi) is 3.11. The molecule has 0 spiro atoms. The van der Waals surface area contributed by atoms with Gasteiger partial charge in [0.2, 0.25) is 0 Å². The molecule has 19 heavy (non-hydrogen) atoms. The first kappa shape index (κ1) is 11.7. The molecule has 0 fully saturated rings. The molecule has 3 heteroatoms. The number of hydrogen-bond acceptors (Lipinski definition) is 2. The van der Waals surface area contributed by atoms with Crippen LogP contribution in [0.3, 0.4) is 0 Å². The highest BCUT2D eigenvalue weighted by Gasteiger charge is 2.07. The summed E-state index contributed by atoms with van der Waals surface area (Å²) in [6, 6.07) is 15.3. The van der Waals surface area contributed by atoms with Crippen molar-refractivity contribution >= 4 is 11.4 Å². The Morgan fingerprint density at radius 3 is 2.63 bits per heavy atom. The number of rotatable bonds is 4. The van der Waals surface area contributed by atoms with E-state index in [1.54, 1.807) is 0 Å². The van der Waals surface area contributed by atoms with Crippen LogP contribution >= 0.6 is 0 Å². The second-order valence-electron chi connectivity index (χ2n) is 4.49. The lowest BCUT2D eigenvalue weighted by Gasteiger charge is -1.98. The predicted molar refractivity (Wildman–Crippen MR) is 74.3 cm³/mol. The van der Waals surface area contributed by atoms with Crippen LogP contribution < -0.4 is 0 Å². The van der Waals surface area contributed by atoms with Crippen LogP contribution in [-0.4, -0.2) is 15.2 Å². The molecular weight excluding hydrogens is 236 g/mol. The number of benzene rings is 1. The number of aromatic nitrogens is 2. The molecule has 0 aliphatic heterocycles. The van der Waals surface area contributed by atoms with E-state index in [4.69, 9.17) is 0 Å². The Hall–Kier alpha value is -2.42. The molecule has 0 unspecified atom stereocenters. The maximum Gasteiger partial charge on any atom is 0.163 e. The van der Waals surface area contributed by atoms with Crippen LogP contribution in [0, 0.1) is 0 Å². The molecule has 1 aromatic carbocycles. The van der Waals surface area contributed by atoms with Crippen molar-refractivity contribution in [2.75, 3.05) is 0 Å². The molecule has 2 heterocycles. The zero-order valence-corrected chi connectivity index (χ0v) is 10.5. The van der Waals surface area contributed by atoms with Gasteiger partial charge in [0.25, 0.3) is 0 Å². The molecule has 0 amide bonds. The van der Waals surface area contributed by atoms with Crippen molar-refractivity contribution in [1.29, 1.82) is 0 Å². The van der Waals surface area contributed by atoms with E-state index in [0.29, 0.717) is 12.8 Å². The summed E-state index contributed by atoms with van der Waals surface area (Å²) in [6.07, 6.45) is 5.11. The van der Waals surface area contributed by atoms with Crippen molar-refractivity contribution in [2.24, 2.45) is 0 Å². The standard InChI is InChI=1S/C16H14N2O/c19-15(13-6-2-1-3-7-13)10-9-14-12-18-11-5-4-8-16(18)17-14/h1-8,11-12H,9-10H2. The molecule has 0 radical (unpaired) electrons. The number of carbonyl (C=O) groups excluding carboxylic acids is 1. The number of nitrogens with zero attached hydrogens (tertiary/aromatic N) is 2. The first-order valence-electron chi connectivity index (χ1n) is 6.34. The summed E-state index contributed by atoms with van der Waals surface area (Å²) in [6.45, 7) is 0. The van der Waals surface area contributed by atoms with Crippen molar-refractivity contribution < 1.29 is 4.79 Å². The first-order chi connectivity index (χ1) is 9.33. The van der Waals surface area contributed by atoms with Crippen LogP contribution in [0.1, 0.15) is 22.5 Å². The number of ketones is 1. The largest absolute Gasteiger partial charge is 0.307 e. The summed E-state index contributed by atoms with van der Waals surface area (Å²) in [5.74, 6) is 0.164. The van der Waals surface area contributed by atoms with Gasteiger partial charge in [0.1, 0.15) is 5.65 Å². The highest BCUT2D eigenvalue weighted by Crippen LogP contribution is 2.09. The lowest BCUT2D eigenvalue weighted by atomic mass is 10.1. The number of Topliss-reactive ketones (excluding diaryl/α,β-unsaturated/α-hetero) is 1. The molecule has 3 rings (SSSR count). The van der Waals surface area contributed by atoms with Gasteiger partial charge in [0.15, 0.2) is 5.78 Å². The third-order valence-corrected chi connectivity index (χ3v) is 3.12. The van der Waals surface area contributed by atoms with Crippen LogP contribution in [0.15, 0.2) is 60.9 Å². The fourth-order valence-electron chi connectivity index (χ4n) is 2.12. The molecule has 94 valence electrons. The van der Waals surface area contributed by atoms with Crippen molar-refractivity contribution in [1.82, 2.24) is 9.38 Å². The smallest absolute Gasteiger partial charge is 0.163 e. The highest BCUT2D eigenvalue weighted by atomic mass is 16.1. The van der Waals surface area contributed by atoms with E-state index in [1.165, 1.54) is 0 Å². The summed E-state index contributed by atoms with van der Waals surface area (Å²) >= 11 is 0. The lowest BCUT2D eigenvalue weighted by Crippen LogP contribution is -2.00. The zero-order chi connectivity index (χ0) is 13.1. The quantitative estimate of drug-likeness (QED) is 0.667. The Balaban J connectivity index is 1.71. The van der Waals surface area contributed by atoms with Gasteiger partial charge in [0, 0.05) is 24.4 Å². The fraction of sp³-hybridized carbons (Fsp3) is 0.125. The fourth-order valence-corrected chi connectivity index (χ4v) is 2.12. The topological polar surface area (TPSA) is 34.4 Å². The van der Waals surface area contributed by atoms with Crippen LogP contribution in [0.25, 0.3) is 5.65 Å². The Morgan fingerprint density at radius 1 is 1.05 bits per heavy atom. The lowest BCUT2D eigenvalue weighted by molar-refractivity contribution is 0.0982. The normalized spacial score (nSPS) is 10.7. The van der Waals surface area contributed by atoms with E-state index in [9.17, 15) is 4.79 Å². The molecule has 2 aromatic heterocycles. The SMILES string of the molecule is O=C(CCc1cn2ccccc2n1)c1ccccc1. The van der Waals surface area contributed by atoms with E-state index < -0.39 is 0 Å². The van der Waals surface area contributed by atoms with Gasteiger partial charge >= 0.3 is 0 Å². The van der Waals surface area contributed by atoms with Crippen molar-refractivity contribution in [3.05, 3.63) is 72.2 Å². The third-order valence-electron chi connectivity index (χ3n) is 3.12. The summed E-state index contributed by atoms with van der Waals surface area (Å²) in [5.41, 5.74) is 2.64. The maximum atomic E-state index is 12.0. The average molecular weight is 250 g/mol. The van der Waals surface area contributed by atoms with Crippen molar-refractivity contribution in [2.45, 2.75) is 12.8 Å². The molecule has 0 saturated heterocycles. The average Bonchev–Trinajstić information content (AvgIpc) is 2.88. The predicted octanol–water partition coefficient (Wildman–Crippen LogP) is 3.15. The summed E-state index contributed by atoms with van der Waals surface area (Å²) in [7, 11) is 0. The third kappa shape index (κ3) is 2.55. The Morgan fingerprint density at radius 2 is 1.84 bits per heavy atom. The number of pyridine rings is 1. The van der Waals surface area contributed by atoms with Gasteiger partial charge in [-0.25, -0.2) is 4.98 Å². The minimum atomic E-state index is 0.164. The minimum Gasteiger partial charge on any atom is -0.307 e. The van der Waals surface area contributed by atoms with Crippen LogP contribution in [0.5, 0.6) is 0 Å². The van der Waals surface area contributed by atoms with Gasteiger partial charge in [-0.3, -0.25) is 4.79 Å². The van der Waals surface area contributed by atoms with Gasteiger partial charge in [0.05, 0.1) is 5.69 Å². The molecule has 0 bridgehead atoms. The molecule has 0 aliphatic rings. The van der Waals surface area contributed by atoms with Crippen molar-refractivity contribution in [3.8, 4) is 0 Å². The zero-order valence-electron chi connectivity index (χ0n) is 10.5. The second kappa shape index (κ2) is 5.06. The van der Waals surface area contributed by atoms with Crippen LogP contribution in [0.2, 0.25) is 0 Å². The molecule has 3 nitrogen and oxygen atoms in total. The molecule has 0 aliphatic carbocycles. The van der Waals surface area contributed by atoms with Gasteiger partial charge < -0.3 is 4.40 Å². The first-order valence-corrected chi connectivity index (χ1v) is 6.34. The van der Waals surface area contributed by atoms with E-state index in [-0.39, 0.29) is 5.78 Å². The minimum absolute atomic E-state index is 0.164. The molecule has 0 atom stereocenters. The van der Waals surface area contributed by atoms with Gasteiger partial charge in [-0.05, 0) is 18.6 Å². The monoisotopic (exact) mass is 250 g/mol. The summed E-state index contributed by atoms with van der Waals surface area (Å²) in [4.78, 5) is 16.5. The Bertz CT molecular complexity index is 668. The molecule has 0 N–H and O–H groups in total. The summed E-state index contributed by atoms with van der Waals surface area (Å²) < 4.78 is 1.97. The van der Waals surface area contributed by atoms with E-state index in [0.717, 1.165) is 16.9 Å². The van der Waals surface area contributed by atoms with Gasteiger partial charge in [-0.2, -0.15) is 0 Å². The van der Waals surface area contributed by atoms with E-state index >= 15 is 0 Å².